The van der Waals surface area contributed by atoms with Gasteiger partial charge < -0.3 is 15.2 Å². The van der Waals surface area contributed by atoms with Crippen LogP contribution in [0.3, 0.4) is 0 Å². The topological polar surface area (TPSA) is 71.5 Å². The predicted molar refractivity (Wildman–Crippen MR) is 107 cm³/mol. The first-order valence-corrected chi connectivity index (χ1v) is 10.3. The number of hydrogen-bond donors (Lipinski definition) is 2. The molecule has 2 N–H and O–H groups in total. The highest BCUT2D eigenvalue weighted by Crippen LogP contribution is 2.38. The van der Waals surface area contributed by atoms with Crippen molar-refractivity contribution in [1.82, 2.24) is 10.3 Å². The number of aromatic nitrogens is 1. The van der Waals surface area contributed by atoms with Gasteiger partial charge in [0, 0.05) is 10.6 Å². The summed E-state index contributed by atoms with van der Waals surface area (Å²) in [5, 5.41) is 12.7. The van der Waals surface area contributed by atoms with Crippen molar-refractivity contribution in [2.24, 2.45) is 0 Å². The highest BCUT2D eigenvalue weighted by Gasteiger charge is 2.40. The molecule has 1 aliphatic rings. The van der Waals surface area contributed by atoms with Crippen molar-refractivity contribution in [2.75, 3.05) is 6.61 Å². The maximum atomic E-state index is 13.7. The summed E-state index contributed by atoms with van der Waals surface area (Å²) < 4.78 is 83.8. The maximum Gasteiger partial charge on any atom is 0.434 e. The molecule has 0 aliphatic heterocycles. The van der Waals surface area contributed by atoms with E-state index in [-0.39, 0.29) is 16.1 Å². The first-order valence-electron chi connectivity index (χ1n) is 9.92. The van der Waals surface area contributed by atoms with Crippen LogP contribution in [0, 0.1) is 0 Å². The number of amides is 1. The lowest BCUT2D eigenvalue weighted by atomic mass is 9.92. The van der Waals surface area contributed by atoms with Gasteiger partial charge in [-0.1, -0.05) is 36.6 Å². The third-order valence-corrected chi connectivity index (χ3v) is 5.33. The summed E-state index contributed by atoms with van der Waals surface area (Å²) in [5.74, 6) is -2.09. The second kappa shape index (κ2) is 9.76. The molecule has 1 fully saturated rings. The van der Waals surface area contributed by atoms with E-state index in [4.69, 9.17) is 11.6 Å². The Kier molecular flexibility index (Phi) is 7.42. The van der Waals surface area contributed by atoms with Gasteiger partial charge in [-0.3, -0.25) is 4.79 Å². The molecule has 2 atom stereocenters. The molecule has 5 nitrogen and oxygen atoms in total. The predicted octanol–water partition coefficient (Wildman–Crippen LogP) is 5.40. The summed E-state index contributed by atoms with van der Waals surface area (Å²) >= 11 is 5.82. The first-order chi connectivity index (χ1) is 15.3. The van der Waals surface area contributed by atoms with E-state index in [1.807, 2.05) is 0 Å². The van der Waals surface area contributed by atoms with E-state index in [0.717, 1.165) is 12.5 Å². The first kappa shape index (κ1) is 25.1. The van der Waals surface area contributed by atoms with Gasteiger partial charge in [0.2, 0.25) is 5.88 Å². The number of nitrogens with zero attached hydrogens (tertiary/aromatic N) is 1. The number of aliphatic hydroxyl groups is 1. The Bertz CT molecular complexity index is 995. The Morgan fingerprint density at radius 3 is 2.33 bits per heavy atom. The molecule has 12 heteroatoms. The Morgan fingerprint density at radius 2 is 1.76 bits per heavy atom. The van der Waals surface area contributed by atoms with Gasteiger partial charge in [-0.15, -0.1) is 0 Å². The number of nitrogens with one attached hydrogen (secondary N) is 1. The van der Waals surface area contributed by atoms with Crippen LogP contribution in [-0.4, -0.2) is 40.9 Å². The van der Waals surface area contributed by atoms with Crippen LogP contribution in [0.25, 0.3) is 11.1 Å². The molecular weight excluding hydrogens is 478 g/mol. The van der Waals surface area contributed by atoms with Crippen LogP contribution in [0.1, 0.15) is 41.7 Å². The van der Waals surface area contributed by atoms with Crippen LogP contribution >= 0.6 is 11.6 Å². The summed E-state index contributed by atoms with van der Waals surface area (Å²) in [6, 6.07) is 5.47. The minimum Gasteiger partial charge on any atom is -0.468 e. The van der Waals surface area contributed by atoms with E-state index >= 15 is 0 Å². The van der Waals surface area contributed by atoms with Crippen molar-refractivity contribution in [3.63, 3.8) is 0 Å². The fourth-order valence-corrected chi connectivity index (χ4v) is 3.63. The third-order valence-electron chi connectivity index (χ3n) is 5.07. The fourth-order valence-electron chi connectivity index (χ4n) is 3.51. The number of hydrogen-bond acceptors (Lipinski definition) is 4. The molecule has 1 heterocycles. The molecule has 0 saturated heterocycles. The monoisotopic (exact) mass is 496 g/mol. The minimum atomic E-state index is -5.16. The third kappa shape index (κ3) is 6.50. The van der Waals surface area contributed by atoms with Crippen molar-refractivity contribution < 1.29 is 41.0 Å². The number of alkyl halides is 6. The molecule has 180 valence electrons. The van der Waals surface area contributed by atoms with Crippen LogP contribution in [-0.2, 0) is 6.18 Å². The summed E-state index contributed by atoms with van der Waals surface area (Å²) in [4.78, 5) is 16.1. The Labute approximate surface area is 189 Å². The molecule has 33 heavy (non-hydrogen) atoms. The molecule has 1 unspecified atom stereocenters. The quantitative estimate of drug-likeness (QED) is 0.544. The van der Waals surface area contributed by atoms with Gasteiger partial charge in [0.15, 0.2) is 12.3 Å². The summed E-state index contributed by atoms with van der Waals surface area (Å²) in [6.45, 7) is -1.88. The molecule has 0 radical (unpaired) electrons. The average Bonchev–Trinajstić information content (AvgIpc) is 2.72. The number of rotatable bonds is 5. The minimum absolute atomic E-state index is 0.143. The largest absolute Gasteiger partial charge is 0.468 e. The van der Waals surface area contributed by atoms with Gasteiger partial charge >= 0.3 is 12.4 Å². The number of ether oxygens (including phenoxy) is 1. The molecule has 0 spiro atoms. The smallest absolute Gasteiger partial charge is 0.434 e. The number of benzene rings is 1. The van der Waals surface area contributed by atoms with E-state index in [1.54, 1.807) is 0 Å². The van der Waals surface area contributed by atoms with E-state index in [1.165, 1.54) is 24.3 Å². The molecule has 0 bridgehead atoms. The lowest BCUT2D eigenvalue weighted by molar-refractivity contribution is -0.154. The van der Waals surface area contributed by atoms with Crippen LogP contribution in [0.2, 0.25) is 5.02 Å². The number of halogens is 7. The molecular formula is C21H19ClF6N2O3. The second-order valence-corrected chi connectivity index (χ2v) is 8.01. The zero-order chi connectivity index (χ0) is 24.4. The Balaban J connectivity index is 2.09. The zero-order valence-electron chi connectivity index (χ0n) is 16.9. The molecule has 2 aromatic rings. The zero-order valence-corrected chi connectivity index (χ0v) is 17.7. The van der Waals surface area contributed by atoms with Crippen LogP contribution in [0.15, 0.2) is 30.3 Å². The SMILES string of the molecule is O=C(NC1CCCC[C@H]1O)c1cc(-c2ccc(Cl)cc2)c(OCC(F)(F)F)nc1C(F)(F)F. The van der Waals surface area contributed by atoms with Gasteiger partial charge in [-0.05, 0) is 36.6 Å². The Hall–Kier alpha value is -2.53. The summed E-state index contributed by atoms with van der Waals surface area (Å²) in [7, 11) is 0. The van der Waals surface area contributed by atoms with Crippen LogP contribution < -0.4 is 10.1 Å². The van der Waals surface area contributed by atoms with E-state index in [0.29, 0.717) is 19.3 Å². The lowest BCUT2D eigenvalue weighted by Gasteiger charge is -2.28. The van der Waals surface area contributed by atoms with E-state index in [2.05, 4.69) is 15.0 Å². The van der Waals surface area contributed by atoms with Crippen molar-refractivity contribution in [3.8, 4) is 17.0 Å². The van der Waals surface area contributed by atoms with E-state index in [9.17, 15) is 36.2 Å². The van der Waals surface area contributed by atoms with E-state index < -0.39 is 54.1 Å². The van der Waals surface area contributed by atoms with Crippen molar-refractivity contribution >= 4 is 17.5 Å². The molecule has 1 aromatic heterocycles. The fraction of sp³-hybridized carbons (Fsp3) is 0.429. The van der Waals surface area contributed by atoms with Gasteiger partial charge in [-0.25, -0.2) is 4.98 Å². The molecule has 1 saturated carbocycles. The number of carbonyl (C=O) groups is 1. The summed E-state index contributed by atoms with van der Waals surface area (Å²) in [6.07, 6.45) is -8.76. The number of pyridine rings is 1. The average molecular weight is 497 g/mol. The maximum absolute atomic E-state index is 13.7. The standard InChI is InChI=1S/C21H19ClF6N2O3/c22-12-7-5-11(6-8-12)13-9-14(18(32)29-15-3-1-2-4-16(15)31)17(21(26,27)28)30-19(13)33-10-20(23,24)25/h5-9,15-16,31H,1-4,10H2,(H,29,32)/t15?,16-/m1/s1. The lowest BCUT2D eigenvalue weighted by Crippen LogP contribution is -2.45. The van der Waals surface area contributed by atoms with Crippen LogP contribution in [0.4, 0.5) is 26.3 Å². The number of carbonyl (C=O) groups excluding carboxylic acids is 1. The van der Waals surface area contributed by atoms with Crippen molar-refractivity contribution in [2.45, 2.75) is 50.2 Å². The highest BCUT2D eigenvalue weighted by molar-refractivity contribution is 6.30. The van der Waals surface area contributed by atoms with Gasteiger partial charge in [0.05, 0.1) is 17.7 Å². The second-order valence-electron chi connectivity index (χ2n) is 7.58. The van der Waals surface area contributed by atoms with Gasteiger partial charge in [0.25, 0.3) is 5.91 Å². The van der Waals surface area contributed by atoms with Crippen molar-refractivity contribution in [1.29, 1.82) is 0 Å². The van der Waals surface area contributed by atoms with Gasteiger partial charge in [0.1, 0.15) is 0 Å². The molecule has 1 amide bonds. The number of aliphatic hydroxyl groups excluding tert-OH is 1. The van der Waals surface area contributed by atoms with Gasteiger partial charge in [-0.2, -0.15) is 26.3 Å². The molecule has 1 aliphatic carbocycles. The summed E-state index contributed by atoms with van der Waals surface area (Å²) in [5.41, 5.74) is -2.70. The van der Waals surface area contributed by atoms with Crippen molar-refractivity contribution in [3.05, 3.63) is 46.6 Å². The highest BCUT2D eigenvalue weighted by atomic mass is 35.5. The van der Waals surface area contributed by atoms with Crippen LogP contribution in [0.5, 0.6) is 5.88 Å². The molecule has 3 rings (SSSR count). The normalized spacial score (nSPS) is 19.3. The molecule has 1 aromatic carbocycles. The Morgan fingerprint density at radius 1 is 1.12 bits per heavy atom.